The van der Waals surface area contributed by atoms with Gasteiger partial charge in [0.25, 0.3) is 0 Å². The maximum absolute atomic E-state index is 12.7. The monoisotopic (exact) mass is 423 g/mol. The highest BCUT2D eigenvalue weighted by Crippen LogP contribution is 2.26. The van der Waals surface area contributed by atoms with Crippen LogP contribution in [0.5, 0.6) is 5.75 Å². The zero-order valence-corrected chi connectivity index (χ0v) is 18.2. The first kappa shape index (κ1) is 21.8. The van der Waals surface area contributed by atoms with Crippen LogP contribution in [0.4, 0.5) is 0 Å². The van der Waals surface area contributed by atoms with Gasteiger partial charge in [0.15, 0.2) is 5.82 Å². The Kier molecular flexibility index (Phi) is 7.41. The number of rotatable bonds is 10. The SMILES string of the molecule is CCn1c(SCC(=O)Cc2cc(CC(C)=O)ccc2OC)cnc1-c1ccccn1. The molecule has 2 heterocycles. The molecule has 0 bridgehead atoms. The van der Waals surface area contributed by atoms with Gasteiger partial charge >= 0.3 is 0 Å². The van der Waals surface area contributed by atoms with Crippen LogP contribution in [0.1, 0.15) is 25.0 Å². The number of methoxy groups -OCH3 is 1. The number of Topliss-reactive ketones (excluding diaryl/α,β-unsaturated/α-hetero) is 2. The van der Waals surface area contributed by atoms with Gasteiger partial charge in [-0.2, -0.15) is 0 Å². The molecule has 0 amide bonds. The minimum absolute atomic E-state index is 0.0847. The van der Waals surface area contributed by atoms with Crippen molar-refractivity contribution in [1.82, 2.24) is 14.5 Å². The summed E-state index contributed by atoms with van der Waals surface area (Å²) in [5.41, 5.74) is 2.51. The van der Waals surface area contributed by atoms with E-state index in [1.807, 2.05) is 43.3 Å². The van der Waals surface area contributed by atoms with Gasteiger partial charge in [0.1, 0.15) is 23.0 Å². The second-order valence-corrected chi connectivity index (χ2v) is 7.90. The molecule has 156 valence electrons. The van der Waals surface area contributed by atoms with E-state index in [2.05, 4.69) is 14.5 Å². The van der Waals surface area contributed by atoms with Gasteiger partial charge in [-0.15, -0.1) is 0 Å². The van der Waals surface area contributed by atoms with E-state index in [1.165, 1.54) is 11.8 Å². The van der Waals surface area contributed by atoms with Crippen LogP contribution in [-0.2, 0) is 29.0 Å². The molecule has 7 heteroatoms. The average Bonchev–Trinajstić information content (AvgIpc) is 3.15. The van der Waals surface area contributed by atoms with Crippen molar-refractivity contribution < 1.29 is 14.3 Å². The lowest BCUT2D eigenvalue weighted by Crippen LogP contribution is -2.09. The second-order valence-electron chi connectivity index (χ2n) is 6.91. The first-order valence-electron chi connectivity index (χ1n) is 9.78. The third-order valence-electron chi connectivity index (χ3n) is 4.60. The Hall–Kier alpha value is -2.93. The Morgan fingerprint density at radius 1 is 1.13 bits per heavy atom. The number of imidazole rings is 1. The molecule has 3 rings (SSSR count). The summed E-state index contributed by atoms with van der Waals surface area (Å²) in [6.45, 7) is 4.34. The van der Waals surface area contributed by atoms with Gasteiger partial charge in [-0.3, -0.25) is 14.6 Å². The fourth-order valence-electron chi connectivity index (χ4n) is 3.27. The number of pyridine rings is 1. The summed E-state index contributed by atoms with van der Waals surface area (Å²) in [4.78, 5) is 33.0. The Morgan fingerprint density at radius 2 is 1.97 bits per heavy atom. The highest BCUT2D eigenvalue weighted by Gasteiger charge is 2.15. The molecule has 6 nitrogen and oxygen atoms in total. The normalized spacial score (nSPS) is 10.8. The molecule has 0 atom stereocenters. The van der Waals surface area contributed by atoms with Crippen LogP contribution in [0.15, 0.2) is 53.8 Å². The van der Waals surface area contributed by atoms with Crippen molar-refractivity contribution >= 4 is 23.3 Å². The predicted molar refractivity (Wildman–Crippen MR) is 118 cm³/mol. The summed E-state index contributed by atoms with van der Waals surface area (Å²) >= 11 is 1.47. The summed E-state index contributed by atoms with van der Waals surface area (Å²) in [5, 5.41) is 0.934. The van der Waals surface area contributed by atoms with E-state index in [1.54, 1.807) is 26.4 Å². The third-order valence-corrected chi connectivity index (χ3v) is 5.68. The van der Waals surface area contributed by atoms with E-state index in [9.17, 15) is 9.59 Å². The first-order chi connectivity index (χ1) is 14.5. The Bertz CT molecular complexity index is 1030. The van der Waals surface area contributed by atoms with Crippen molar-refractivity contribution in [3.05, 3.63) is 59.9 Å². The van der Waals surface area contributed by atoms with E-state index < -0.39 is 0 Å². The maximum atomic E-state index is 12.7. The van der Waals surface area contributed by atoms with Crippen molar-refractivity contribution in [1.29, 1.82) is 0 Å². The molecule has 0 aliphatic rings. The van der Waals surface area contributed by atoms with E-state index in [0.29, 0.717) is 17.9 Å². The van der Waals surface area contributed by atoms with Gasteiger partial charge in [0, 0.05) is 31.1 Å². The molecule has 0 N–H and O–H groups in total. The van der Waals surface area contributed by atoms with Crippen LogP contribution < -0.4 is 4.74 Å². The zero-order valence-electron chi connectivity index (χ0n) is 17.4. The van der Waals surface area contributed by atoms with Gasteiger partial charge < -0.3 is 9.30 Å². The highest BCUT2D eigenvalue weighted by atomic mass is 32.2. The minimum atomic E-state index is 0.0847. The zero-order chi connectivity index (χ0) is 21.5. The first-order valence-corrected chi connectivity index (χ1v) is 10.8. The topological polar surface area (TPSA) is 74.1 Å². The molecule has 2 aromatic heterocycles. The number of carbonyl (C=O) groups is 2. The fourth-order valence-corrected chi connectivity index (χ4v) is 4.18. The number of hydrogen-bond donors (Lipinski definition) is 0. The molecule has 0 aliphatic carbocycles. The van der Waals surface area contributed by atoms with Crippen molar-refractivity contribution in [2.45, 2.75) is 38.3 Å². The molecule has 0 spiro atoms. The molecule has 0 fully saturated rings. The van der Waals surface area contributed by atoms with Crippen molar-refractivity contribution in [2.75, 3.05) is 12.9 Å². The van der Waals surface area contributed by atoms with Crippen LogP contribution in [0.2, 0.25) is 0 Å². The van der Waals surface area contributed by atoms with Crippen LogP contribution in [0.25, 0.3) is 11.5 Å². The van der Waals surface area contributed by atoms with Gasteiger partial charge in [-0.05, 0) is 37.6 Å². The molecule has 0 aliphatic heterocycles. The summed E-state index contributed by atoms with van der Waals surface area (Å²) in [6, 6.07) is 11.3. The lowest BCUT2D eigenvalue weighted by Gasteiger charge is -2.11. The lowest BCUT2D eigenvalue weighted by atomic mass is 10.0. The smallest absolute Gasteiger partial charge is 0.159 e. The third kappa shape index (κ3) is 5.36. The molecule has 1 aromatic carbocycles. The quantitative estimate of drug-likeness (QED) is 0.459. The molecular formula is C23H25N3O3S. The number of aromatic nitrogens is 3. The summed E-state index contributed by atoms with van der Waals surface area (Å²) < 4.78 is 7.46. The molecule has 0 unspecified atom stereocenters. The van der Waals surface area contributed by atoms with E-state index in [-0.39, 0.29) is 18.0 Å². The number of hydrogen-bond acceptors (Lipinski definition) is 6. The lowest BCUT2D eigenvalue weighted by molar-refractivity contribution is -0.117. The Morgan fingerprint density at radius 3 is 2.63 bits per heavy atom. The molecule has 0 radical (unpaired) electrons. The number of benzene rings is 1. The number of ketones is 2. The minimum Gasteiger partial charge on any atom is -0.496 e. The number of carbonyl (C=O) groups excluding carboxylic acids is 2. The van der Waals surface area contributed by atoms with Gasteiger partial charge in [0.2, 0.25) is 0 Å². The second kappa shape index (κ2) is 10.2. The van der Waals surface area contributed by atoms with E-state index in [0.717, 1.165) is 34.2 Å². The van der Waals surface area contributed by atoms with E-state index >= 15 is 0 Å². The largest absolute Gasteiger partial charge is 0.496 e. The fraction of sp³-hybridized carbons (Fsp3) is 0.304. The Balaban J connectivity index is 1.69. The maximum Gasteiger partial charge on any atom is 0.159 e. The van der Waals surface area contributed by atoms with E-state index in [4.69, 9.17) is 4.74 Å². The van der Waals surface area contributed by atoms with Crippen LogP contribution in [0, 0.1) is 0 Å². The Labute approximate surface area is 180 Å². The standard InChI is InChI=1S/C23H25N3O3S/c1-4-26-22(14-25-23(26)20-7-5-6-10-24-20)30-15-19(28)13-18-12-17(11-16(2)27)8-9-21(18)29-3/h5-10,12,14H,4,11,13,15H2,1-3H3. The summed E-state index contributed by atoms with van der Waals surface area (Å²) in [5.74, 6) is 1.96. The highest BCUT2D eigenvalue weighted by molar-refractivity contribution is 7.99. The van der Waals surface area contributed by atoms with Crippen LogP contribution in [0.3, 0.4) is 0 Å². The number of ether oxygens (including phenoxy) is 1. The average molecular weight is 424 g/mol. The van der Waals surface area contributed by atoms with Crippen molar-refractivity contribution in [3.63, 3.8) is 0 Å². The molecule has 3 aromatic rings. The van der Waals surface area contributed by atoms with Gasteiger partial charge in [-0.1, -0.05) is 30.0 Å². The molecular weight excluding hydrogens is 398 g/mol. The van der Waals surface area contributed by atoms with Crippen molar-refractivity contribution in [2.24, 2.45) is 0 Å². The molecule has 30 heavy (non-hydrogen) atoms. The molecule has 0 saturated carbocycles. The number of nitrogens with zero attached hydrogens (tertiary/aromatic N) is 3. The van der Waals surface area contributed by atoms with Crippen LogP contribution >= 0.6 is 11.8 Å². The molecule has 0 saturated heterocycles. The van der Waals surface area contributed by atoms with Gasteiger partial charge in [0.05, 0.1) is 24.1 Å². The summed E-state index contributed by atoms with van der Waals surface area (Å²) in [6.07, 6.45) is 4.15. The van der Waals surface area contributed by atoms with Crippen LogP contribution in [-0.4, -0.2) is 39.0 Å². The number of thioether (sulfide) groups is 1. The van der Waals surface area contributed by atoms with Gasteiger partial charge in [-0.25, -0.2) is 4.98 Å². The predicted octanol–water partition coefficient (Wildman–Crippen LogP) is 4.01. The van der Waals surface area contributed by atoms with Crippen molar-refractivity contribution in [3.8, 4) is 17.3 Å². The summed E-state index contributed by atoms with van der Waals surface area (Å²) in [7, 11) is 1.58.